The number of hydrogen-bond donors (Lipinski definition) is 2. The van der Waals surface area contributed by atoms with Crippen molar-refractivity contribution in [2.45, 2.75) is 51.9 Å². The van der Waals surface area contributed by atoms with Crippen molar-refractivity contribution in [3.8, 4) is 0 Å². The largest absolute Gasteiger partial charge is 0.356 e. The average Bonchev–Trinajstić information content (AvgIpc) is 2.79. The molecule has 106 valence electrons. The van der Waals surface area contributed by atoms with E-state index >= 15 is 0 Å². The molecule has 0 aromatic rings. The molecule has 2 aliphatic rings. The Hall–Kier alpha value is -0.280. The van der Waals surface area contributed by atoms with Crippen LogP contribution in [0.3, 0.4) is 0 Å². The number of hydrogen-bond acceptors (Lipinski definition) is 2. The monoisotopic (exact) mass is 274 g/mol. The third-order valence-electron chi connectivity index (χ3n) is 4.48. The fraction of sp³-hybridized carbons (Fsp3) is 0.929. The third-order valence-corrected chi connectivity index (χ3v) is 4.48. The zero-order chi connectivity index (χ0) is 12.1. The highest BCUT2D eigenvalue weighted by molar-refractivity contribution is 5.85. The molecule has 0 spiro atoms. The third kappa shape index (κ3) is 4.13. The van der Waals surface area contributed by atoms with Crippen LogP contribution in [0.4, 0.5) is 0 Å². The van der Waals surface area contributed by atoms with Crippen LogP contribution < -0.4 is 10.6 Å². The van der Waals surface area contributed by atoms with Gasteiger partial charge in [-0.3, -0.25) is 4.79 Å². The molecule has 1 unspecified atom stereocenters. The predicted octanol–water partition coefficient (Wildman–Crippen LogP) is 2.49. The molecule has 2 rings (SSSR count). The summed E-state index contributed by atoms with van der Waals surface area (Å²) < 4.78 is 0. The first kappa shape index (κ1) is 15.8. The minimum absolute atomic E-state index is 0. The highest BCUT2D eigenvalue weighted by Gasteiger charge is 2.35. The Morgan fingerprint density at radius 1 is 1.33 bits per heavy atom. The molecule has 18 heavy (non-hydrogen) atoms. The number of amides is 1. The zero-order valence-corrected chi connectivity index (χ0v) is 12.3. The van der Waals surface area contributed by atoms with Crippen molar-refractivity contribution >= 4 is 18.3 Å². The number of rotatable bonds is 4. The summed E-state index contributed by atoms with van der Waals surface area (Å²) in [5, 5.41) is 6.41. The summed E-state index contributed by atoms with van der Waals surface area (Å²) in [4.78, 5) is 12.1. The van der Waals surface area contributed by atoms with Gasteiger partial charge in [-0.2, -0.15) is 0 Å². The van der Waals surface area contributed by atoms with Crippen LogP contribution in [0.5, 0.6) is 0 Å². The zero-order valence-electron chi connectivity index (χ0n) is 11.5. The number of halogens is 1. The van der Waals surface area contributed by atoms with Crippen molar-refractivity contribution in [2.75, 3.05) is 19.6 Å². The Kier molecular flexibility index (Phi) is 6.44. The van der Waals surface area contributed by atoms with Crippen LogP contribution in [-0.2, 0) is 4.79 Å². The van der Waals surface area contributed by atoms with E-state index in [0.29, 0.717) is 0 Å². The first-order chi connectivity index (χ1) is 8.21. The maximum atomic E-state index is 12.1. The SMILES string of the molecule is CC1(C(=O)NCCC2CCCCC2)CCNC1.Cl. The van der Waals surface area contributed by atoms with Crippen LogP contribution in [0.25, 0.3) is 0 Å². The van der Waals surface area contributed by atoms with Gasteiger partial charge in [0.1, 0.15) is 0 Å². The van der Waals surface area contributed by atoms with Crippen LogP contribution in [0, 0.1) is 11.3 Å². The molecule has 0 aromatic heterocycles. The highest BCUT2D eigenvalue weighted by atomic mass is 35.5. The van der Waals surface area contributed by atoms with Crippen molar-refractivity contribution in [1.29, 1.82) is 0 Å². The Morgan fingerprint density at radius 3 is 2.67 bits per heavy atom. The van der Waals surface area contributed by atoms with Gasteiger partial charge < -0.3 is 10.6 Å². The van der Waals surface area contributed by atoms with E-state index in [2.05, 4.69) is 17.6 Å². The van der Waals surface area contributed by atoms with Crippen LogP contribution in [0.15, 0.2) is 0 Å². The molecule has 2 fully saturated rings. The van der Waals surface area contributed by atoms with E-state index < -0.39 is 0 Å². The van der Waals surface area contributed by atoms with Gasteiger partial charge >= 0.3 is 0 Å². The topological polar surface area (TPSA) is 41.1 Å². The Bertz CT molecular complexity index is 259. The summed E-state index contributed by atoms with van der Waals surface area (Å²) in [6.45, 7) is 4.76. The molecular weight excluding hydrogens is 248 g/mol. The van der Waals surface area contributed by atoms with E-state index in [1.165, 1.54) is 38.5 Å². The minimum Gasteiger partial charge on any atom is -0.356 e. The van der Waals surface area contributed by atoms with Gasteiger partial charge in [-0.1, -0.05) is 32.1 Å². The summed E-state index contributed by atoms with van der Waals surface area (Å²) in [6, 6.07) is 0. The fourth-order valence-corrected chi connectivity index (χ4v) is 3.09. The van der Waals surface area contributed by atoms with E-state index in [1.54, 1.807) is 0 Å². The van der Waals surface area contributed by atoms with Crippen LogP contribution >= 0.6 is 12.4 Å². The molecule has 1 heterocycles. The molecule has 3 nitrogen and oxygen atoms in total. The quantitative estimate of drug-likeness (QED) is 0.827. The van der Waals surface area contributed by atoms with Crippen molar-refractivity contribution in [3.05, 3.63) is 0 Å². The van der Waals surface area contributed by atoms with Crippen molar-refractivity contribution in [3.63, 3.8) is 0 Å². The van der Waals surface area contributed by atoms with Crippen LogP contribution in [0.2, 0.25) is 0 Å². The van der Waals surface area contributed by atoms with Gasteiger partial charge in [0.05, 0.1) is 5.41 Å². The highest BCUT2D eigenvalue weighted by Crippen LogP contribution is 2.27. The molecule has 0 aromatic carbocycles. The van der Waals surface area contributed by atoms with Gasteiger partial charge in [0.2, 0.25) is 5.91 Å². The molecule has 1 aliphatic carbocycles. The second-order valence-corrected chi connectivity index (χ2v) is 6.04. The van der Waals surface area contributed by atoms with Gasteiger partial charge in [-0.15, -0.1) is 12.4 Å². The molecule has 2 N–H and O–H groups in total. The average molecular weight is 275 g/mol. The van der Waals surface area contributed by atoms with Crippen molar-refractivity contribution in [2.24, 2.45) is 11.3 Å². The van der Waals surface area contributed by atoms with E-state index in [-0.39, 0.29) is 23.7 Å². The lowest BCUT2D eigenvalue weighted by Gasteiger charge is -2.24. The molecule has 1 saturated carbocycles. The number of carbonyl (C=O) groups is 1. The smallest absolute Gasteiger partial charge is 0.227 e. The number of carbonyl (C=O) groups excluding carboxylic acids is 1. The normalized spacial score (nSPS) is 28.7. The van der Waals surface area contributed by atoms with Gasteiger partial charge in [0.15, 0.2) is 0 Å². The second-order valence-electron chi connectivity index (χ2n) is 6.04. The maximum absolute atomic E-state index is 12.1. The number of nitrogens with one attached hydrogen (secondary N) is 2. The summed E-state index contributed by atoms with van der Waals surface area (Å²) in [5.41, 5.74) is -0.160. The van der Waals surface area contributed by atoms with Crippen LogP contribution in [0.1, 0.15) is 51.9 Å². The molecule has 4 heteroatoms. The first-order valence-electron chi connectivity index (χ1n) is 7.20. The minimum atomic E-state index is -0.160. The van der Waals surface area contributed by atoms with Crippen LogP contribution in [-0.4, -0.2) is 25.5 Å². The van der Waals surface area contributed by atoms with Gasteiger partial charge in [-0.05, 0) is 32.2 Å². The first-order valence-corrected chi connectivity index (χ1v) is 7.20. The van der Waals surface area contributed by atoms with Gasteiger partial charge in [-0.25, -0.2) is 0 Å². The van der Waals surface area contributed by atoms with Gasteiger partial charge in [0, 0.05) is 13.1 Å². The van der Waals surface area contributed by atoms with E-state index in [9.17, 15) is 4.79 Å². The summed E-state index contributed by atoms with van der Waals surface area (Å²) >= 11 is 0. The molecular formula is C14H27ClN2O. The Labute approximate surface area is 117 Å². The standard InChI is InChI=1S/C14H26N2O.ClH/c1-14(8-10-15-11-14)13(17)16-9-7-12-5-3-2-4-6-12;/h12,15H,2-11H2,1H3,(H,16,17);1H. The van der Waals surface area contributed by atoms with Gasteiger partial charge in [0.25, 0.3) is 0 Å². The van der Waals surface area contributed by atoms with E-state index in [4.69, 9.17) is 0 Å². The lowest BCUT2D eigenvalue weighted by molar-refractivity contribution is -0.129. The van der Waals surface area contributed by atoms with Crippen molar-refractivity contribution < 1.29 is 4.79 Å². The lowest BCUT2D eigenvalue weighted by Crippen LogP contribution is -2.41. The molecule has 1 amide bonds. The lowest BCUT2D eigenvalue weighted by atomic mass is 9.86. The fourth-order valence-electron chi connectivity index (χ4n) is 3.09. The molecule has 0 bridgehead atoms. The molecule has 0 radical (unpaired) electrons. The predicted molar refractivity (Wildman–Crippen MR) is 77.0 cm³/mol. The Morgan fingerprint density at radius 2 is 2.06 bits per heavy atom. The summed E-state index contributed by atoms with van der Waals surface area (Å²) in [7, 11) is 0. The summed E-state index contributed by atoms with van der Waals surface area (Å²) in [5.74, 6) is 1.11. The summed E-state index contributed by atoms with van der Waals surface area (Å²) in [6.07, 6.45) is 9.08. The Balaban J connectivity index is 0.00000162. The second kappa shape index (κ2) is 7.34. The maximum Gasteiger partial charge on any atom is 0.227 e. The van der Waals surface area contributed by atoms with Crippen molar-refractivity contribution in [1.82, 2.24) is 10.6 Å². The van der Waals surface area contributed by atoms with E-state index in [1.807, 2.05) is 0 Å². The van der Waals surface area contributed by atoms with E-state index in [0.717, 1.165) is 32.0 Å². The molecule has 1 atom stereocenters. The molecule has 1 saturated heterocycles. The molecule has 1 aliphatic heterocycles.